The zero-order valence-electron chi connectivity index (χ0n) is 13.4. The molecule has 0 aliphatic carbocycles. The lowest BCUT2D eigenvalue weighted by molar-refractivity contribution is -0.137. The van der Waals surface area contributed by atoms with Gasteiger partial charge >= 0.3 is 5.97 Å². The van der Waals surface area contributed by atoms with E-state index in [4.69, 9.17) is 5.11 Å². The molecule has 0 radical (unpaired) electrons. The van der Waals surface area contributed by atoms with Gasteiger partial charge in [0.15, 0.2) is 0 Å². The highest BCUT2D eigenvalue weighted by atomic mass is 16.4. The van der Waals surface area contributed by atoms with Gasteiger partial charge in [0, 0.05) is 32.0 Å². The maximum atomic E-state index is 11.7. The highest BCUT2D eigenvalue weighted by molar-refractivity contribution is 5.94. The first kappa shape index (κ1) is 18.7. The molecule has 23 heavy (non-hydrogen) atoms. The molecule has 1 rings (SSSR count). The molecular weight excluding hydrogens is 296 g/mol. The van der Waals surface area contributed by atoms with E-state index in [9.17, 15) is 14.4 Å². The lowest BCUT2D eigenvalue weighted by Gasteiger charge is -2.06. The Morgan fingerprint density at radius 3 is 2.57 bits per heavy atom. The van der Waals surface area contributed by atoms with Gasteiger partial charge in [0.2, 0.25) is 5.91 Å². The van der Waals surface area contributed by atoms with Crippen LogP contribution in [0.1, 0.15) is 48.0 Å². The normalized spacial score (nSPS) is 10.1. The predicted molar refractivity (Wildman–Crippen MR) is 87.3 cm³/mol. The van der Waals surface area contributed by atoms with Gasteiger partial charge in [0.25, 0.3) is 5.91 Å². The van der Waals surface area contributed by atoms with Crippen molar-refractivity contribution in [3.63, 3.8) is 0 Å². The second-order valence-electron chi connectivity index (χ2n) is 5.33. The number of benzene rings is 1. The number of nitrogens with one attached hydrogen (secondary N) is 2. The third kappa shape index (κ3) is 7.99. The monoisotopic (exact) mass is 320 g/mol. The molecule has 0 saturated heterocycles. The summed E-state index contributed by atoms with van der Waals surface area (Å²) in [5, 5.41) is 13.9. The lowest BCUT2D eigenvalue weighted by Crippen LogP contribution is -2.24. The first-order valence-electron chi connectivity index (χ1n) is 7.82. The molecular formula is C17H24N2O4. The molecule has 0 spiro atoms. The fourth-order valence-electron chi connectivity index (χ4n) is 2.16. The Morgan fingerprint density at radius 1 is 1.09 bits per heavy atom. The van der Waals surface area contributed by atoms with Crippen LogP contribution >= 0.6 is 0 Å². The third-order valence-electron chi connectivity index (χ3n) is 3.45. The SMILES string of the molecule is CNC(=O)c1cccc(CCC(=O)NCCCCCC(=O)O)c1. The van der Waals surface area contributed by atoms with Crippen molar-refractivity contribution in [2.75, 3.05) is 13.6 Å². The average molecular weight is 320 g/mol. The molecule has 0 atom stereocenters. The molecule has 0 heterocycles. The highest BCUT2D eigenvalue weighted by Gasteiger charge is 2.06. The number of carbonyl (C=O) groups is 3. The molecule has 126 valence electrons. The van der Waals surface area contributed by atoms with Crippen LogP contribution in [0.15, 0.2) is 24.3 Å². The van der Waals surface area contributed by atoms with E-state index < -0.39 is 5.97 Å². The number of rotatable bonds is 10. The molecule has 2 amide bonds. The summed E-state index contributed by atoms with van der Waals surface area (Å²) in [6.07, 6.45) is 3.33. The maximum Gasteiger partial charge on any atom is 0.303 e. The molecule has 0 unspecified atom stereocenters. The van der Waals surface area contributed by atoms with Gasteiger partial charge in [0.1, 0.15) is 0 Å². The molecule has 0 bridgehead atoms. The number of carbonyl (C=O) groups excluding carboxylic acids is 2. The van der Waals surface area contributed by atoms with Crippen LogP contribution in [0, 0.1) is 0 Å². The number of aryl methyl sites for hydroxylation is 1. The second-order valence-corrected chi connectivity index (χ2v) is 5.33. The summed E-state index contributed by atoms with van der Waals surface area (Å²) in [5.74, 6) is -0.959. The number of aliphatic carboxylic acids is 1. The standard InChI is InChI=1S/C17H24N2O4/c1-18-17(23)14-7-5-6-13(12-14)9-10-15(20)19-11-4-2-3-8-16(21)22/h5-7,12H,2-4,8-11H2,1H3,(H,18,23)(H,19,20)(H,21,22). The fourth-order valence-corrected chi connectivity index (χ4v) is 2.16. The van der Waals surface area contributed by atoms with Gasteiger partial charge < -0.3 is 15.7 Å². The Morgan fingerprint density at radius 2 is 1.87 bits per heavy atom. The van der Waals surface area contributed by atoms with Crippen molar-refractivity contribution in [3.8, 4) is 0 Å². The van der Waals surface area contributed by atoms with Crippen LogP contribution in [0.2, 0.25) is 0 Å². The number of hydrogen-bond donors (Lipinski definition) is 3. The van der Waals surface area contributed by atoms with Crippen LogP contribution in [0.3, 0.4) is 0 Å². The minimum Gasteiger partial charge on any atom is -0.481 e. The van der Waals surface area contributed by atoms with Crippen LogP contribution in [-0.2, 0) is 16.0 Å². The van der Waals surface area contributed by atoms with Crippen molar-refractivity contribution in [2.24, 2.45) is 0 Å². The van der Waals surface area contributed by atoms with Gasteiger partial charge in [-0.15, -0.1) is 0 Å². The van der Waals surface area contributed by atoms with E-state index in [1.807, 2.05) is 6.07 Å². The van der Waals surface area contributed by atoms with Crippen molar-refractivity contribution < 1.29 is 19.5 Å². The summed E-state index contributed by atoms with van der Waals surface area (Å²) < 4.78 is 0. The highest BCUT2D eigenvalue weighted by Crippen LogP contribution is 2.08. The Balaban J connectivity index is 2.23. The summed E-state index contributed by atoms with van der Waals surface area (Å²) in [4.78, 5) is 33.6. The topological polar surface area (TPSA) is 95.5 Å². The van der Waals surface area contributed by atoms with E-state index in [0.29, 0.717) is 31.4 Å². The Labute approximate surface area is 136 Å². The summed E-state index contributed by atoms with van der Waals surface area (Å²) in [6, 6.07) is 7.23. The van der Waals surface area contributed by atoms with Gasteiger partial charge in [-0.1, -0.05) is 18.6 Å². The number of amides is 2. The largest absolute Gasteiger partial charge is 0.481 e. The van der Waals surface area contributed by atoms with E-state index in [-0.39, 0.29) is 18.2 Å². The van der Waals surface area contributed by atoms with Gasteiger partial charge in [-0.3, -0.25) is 14.4 Å². The second kappa shape index (κ2) is 10.4. The fraction of sp³-hybridized carbons (Fsp3) is 0.471. The molecule has 1 aromatic rings. The molecule has 6 heteroatoms. The van der Waals surface area contributed by atoms with Crippen LogP contribution in [0.4, 0.5) is 0 Å². The predicted octanol–water partition coefficient (Wildman–Crippen LogP) is 1.74. The zero-order valence-corrected chi connectivity index (χ0v) is 13.4. The molecule has 6 nitrogen and oxygen atoms in total. The first-order valence-corrected chi connectivity index (χ1v) is 7.82. The van der Waals surface area contributed by atoms with Crippen molar-refractivity contribution in [3.05, 3.63) is 35.4 Å². The molecule has 0 aliphatic heterocycles. The van der Waals surface area contributed by atoms with Gasteiger partial charge in [-0.05, 0) is 37.0 Å². The summed E-state index contributed by atoms with van der Waals surface area (Å²) in [5.41, 5.74) is 1.53. The van der Waals surface area contributed by atoms with Crippen molar-refractivity contribution in [2.45, 2.75) is 38.5 Å². The van der Waals surface area contributed by atoms with Gasteiger partial charge in [-0.2, -0.15) is 0 Å². The molecule has 0 aliphatic rings. The lowest BCUT2D eigenvalue weighted by atomic mass is 10.1. The first-order chi connectivity index (χ1) is 11.0. The summed E-state index contributed by atoms with van der Waals surface area (Å²) >= 11 is 0. The number of carboxylic acid groups (broad SMARTS) is 1. The average Bonchev–Trinajstić information content (AvgIpc) is 2.55. The van der Waals surface area contributed by atoms with Crippen LogP contribution in [0.5, 0.6) is 0 Å². The van der Waals surface area contributed by atoms with E-state index in [1.54, 1.807) is 25.2 Å². The van der Waals surface area contributed by atoms with Crippen molar-refractivity contribution in [1.82, 2.24) is 10.6 Å². The maximum absolute atomic E-state index is 11.7. The molecule has 3 N–H and O–H groups in total. The molecule has 0 aromatic heterocycles. The van der Waals surface area contributed by atoms with Crippen LogP contribution in [-0.4, -0.2) is 36.5 Å². The Hall–Kier alpha value is -2.37. The van der Waals surface area contributed by atoms with E-state index >= 15 is 0 Å². The summed E-state index contributed by atoms with van der Waals surface area (Å²) in [7, 11) is 1.58. The third-order valence-corrected chi connectivity index (χ3v) is 3.45. The number of unbranched alkanes of at least 4 members (excludes halogenated alkanes) is 2. The minimum atomic E-state index is -0.784. The molecule has 1 aromatic carbocycles. The quantitative estimate of drug-likeness (QED) is 0.572. The van der Waals surface area contributed by atoms with E-state index in [1.165, 1.54) is 0 Å². The summed E-state index contributed by atoms with van der Waals surface area (Å²) in [6.45, 7) is 0.566. The van der Waals surface area contributed by atoms with E-state index in [2.05, 4.69) is 10.6 Å². The minimum absolute atomic E-state index is 0.0337. The Kier molecular flexibility index (Phi) is 8.42. The number of hydrogen-bond acceptors (Lipinski definition) is 3. The Bertz CT molecular complexity index is 543. The van der Waals surface area contributed by atoms with Crippen molar-refractivity contribution in [1.29, 1.82) is 0 Å². The van der Waals surface area contributed by atoms with Gasteiger partial charge in [0.05, 0.1) is 0 Å². The molecule has 0 fully saturated rings. The van der Waals surface area contributed by atoms with Crippen LogP contribution in [0.25, 0.3) is 0 Å². The number of carboxylic acids is 1. The van der Waals surface area contributed by atoms with Gasteiger partial charge in [-0.25, -0.2) is 0 Å². The van der Waals surface area contributed by atoms with Crippen molar-refractivity contribution >= 4 is 17.8 Å². The van der Waals surface area contributed by atoms with E-state index in [0.717, 1.165) is 18.4 Å². The molecule has 0 saturated carbocycles. The zero-order chi connectivity index (χ0) is 17.1. The van der Waals surface area contributed by atoms with Crippen LogP contribution < -0.4 is 10.6 Å². The smallest absolute Gasteiger partial charge is 0.303 e.